The van der Waals surface area contributed by atoms with E-state index in [0.29, 0.717) is 0 Å². The van der Waals surface area contributed by atoms with Crippen LogP contribution in [-0.4, -0.2) is 13.2 Å². The first-order valence-corrected chi connectivity index (χ1v) is 18.2. The Balaban J connectivity index is -0.000000493. The minimum absolute atomic E-state index is 0. The van der Waals surface area contributed by atoms with E-state index < -0.39 is 7.82 Å². The Bertz CT molecular complexity index is 432. The molecule has 9 heteroatoms. The third kappa shape index (κ3) is 64.1. The standard InChI is InChI=1S/C32H66O.3H3N.H3O4P/c1-3-5-7-9-11-13-15-17-19-21-23-25-27-29-31-33-32-30-28-26-24-22-20-18-16-14-12-10-8-6-4-2;;;;1-5(2,3)4/h3-32H2,1-2H3;3*1H3;(H3,1,2,3,4). The molecule has 0 aromatic carbocycles. The summed E-state index contributed by atoms with van der Waals surface area (Å²) in [6.07, 6.45) is 40.1. The van der Waals surface area contributed by atoms with Crippen LogP contribution >= 0.6 is 7.82 Å². The monoisotopic (exact) mass is 616 g/mol. The van der Waals surface area contributed by atoms with Gasteiger partial charge in [-0.05, 0) is 12.8 Å². The van der Waals surface area contributed by atoms with Crippen LogP contribution in [0.25, 0.3) is 0 Å². The minimum Gasteiger partial charge on any atom is -0.822 e. The van der Waals surface area contributed by atoms with Crippen molar-refractivity contribution in [1.82, 2.24) is 18.5 Å². The van der Waals surface area contributed by atoms with E-state index in [4.69, 9.17) is 24.0 Å². The van der Waals surface area contributed by atoms with Gasteiger partial charge in [-0.25, -0.2) is 0 Å². The lowest BCUT2D eigenvalue weighted by atomic mass is 10.0. The van der Waals surface area contributed by atoms with E-state index in [9.17, 15) is 0 Å². The van der Waals surface area contributed by atoms with Crippen molar-refractivity contribution in [3.05, 3.63) is 0 Å². The third-order valence-electron chi connectivity index (χ3n) is 7.28. The Labute approximate surface area is 257 Å². The summed E-state index contributed by atoms with van der Waals surface area (Å²) in [5.74, 6) is 0. The van der Waals surface area contributed by atoms with Crippen molar-refractivity contribution < 1.29 is 24.0 Å². The number of ether oxygens (including phenoxy) is 1. The maximum absolute atomic E-state index is 8.55. The number of phosphoric acid groups is 1. The fraction of sp³-hybridized carbons (Fsp3) is 1.00. The average molecular weight is 616 g/mol. The molecule has 256 valence electrons. The summed E-state index contributed by atoms with van der Waals surface area (Å²) in [5, 5.41) is 0. The summed E-state index contributed by atoms with van der Waals surface area (Å²) < 4.78 is 14.4. The molecule has 0 aromatic heterocycles. The van der Waals surface area contributed by atoms with Crippen molar-refractivity contribution in [3.63, 3.8) is 0 Å². The second-order valence-corrected chi connectivity index (χ2v) is 12.1. The Morgan fingerprint density at radius 1 is 0.366 bits per heavy atom. The normalized spacial score (nSPS) is 10.7. The number of quaternary nitrogens is 3. The Morgan fingerprint density at radius 3 is 0.683 bits per heavy atom. The Hall–Kier alpha value is -0.0500. The van der Waals surface area contributed by atoms with Gasteiger partial charge in [-0.15, -0.1) is 0 Å². The van der Waals surface area contributed by atoms with Gasteiger partial charge in [-0.2, -0.15) is 7.82 Å². The Morgan fingerprint density at radius 2 is 0.512 bits per heavy atom. The van der Waals surface area contributed by atoms with Gasteiger partial charge in [0.1, 0.15) is 0 Å². The van der Waals surface area contributed by atoms with Crippen molar-refractivity contribution >= 4 is 7.82 Å². The number of rotatable bonds is 30. The van der Waals surface area contributed by atoms with Crippen LogP contribution in [0.3, 0.4) is 0 Å². The van der Waals surface area contributed by atoms with E-state index in [2.05, 4.69) is 13.8 Å². The summed E-state index contributed by atoms with van der Waals surface area (Å²) in [6.45, 7) is 6.59. The van der Waals surface area contributed by atoms with Crippen molar-refractivity contribution in [2.75, 3.05) is 13.2 Å². The van der Waals surface area contributed by atoms with Crippen LogP contribution in [0.5, 0.6) is 0 Å². The summed E-state index contributed by atoms with van der Waals surface area (Å²) in [4.78, 5) is 25.6. The van der Waals surface area contributed by atoms with Crippen LogP contribution in [0.15, 0.2) is 0 Å². The molecule has 0 aliphatic rings. The predicted octanol–water partition coefficient (Wildman–Crippen LogP) is 10.3. The molecule has 0 fully saturated rings. The molecule has 0 spiro atoms. The van der Waals surface area contributed by atoms with Gasteiger partial charge in [0.2, 0.25) is 0 Å². The van der Waals surface area contributed by atoms with Crippen LogP contribution in [-0.2, 0) is 9.30 Å². The highest BCUT2D eigenvalue weighted by Crippen LogP contribution is 2.14. The van der Waals surface area contributed by atoms with Gasteiger partial charge in [-0.3, -0.25) is 0 Å². The van der Waals surface area contributed by atoms with Gasteiger partial charge in [0, 0.05) is 13.2 Å². The van der Waals surface area contributed by atoms with E-state index >= 15 is 0 Å². The zero-order valence-corrected chi connectivity index (χ0v) is 29.6. The molecular weight excluding hydrogens is 537 g/mol. The molecule has 0 atom stereocenters. The molecule has 12 N–H and O–H groups in total. The number of hydrogen-bond donors (Lipinski definition) is 3. The zero-order chi connectivity index (χ0) is 28.4. The van der Waals surface area contributed by atoms with Crippen molar-refractivity contribution in [2.24, 2.45) is 0 Å². The van der Waals surface area contributed by atoms with E-state index in [0.717, 1.165) is 13.2 Å². The van der Waals surface area contributed by atoms with Crippen LogP contribution in [0.1, 0.15) is 194 Å². The van der Waals surface area contributed by atoms with Gasteiger partial charge >= 0.3 is 0 Å². The summed E-state index contributed by atoms with van der Waals surface area (Å²) >= 11 is 0. The first-order valence-electron chi connectivity index (χ1n) is 16.7. The molecule has 0 heterocycles. The van der Waals surface area contributed by atoms with Gasteiger partial charge in [0.15, 0.2) is 0 Å². The van der Waals surface area contributed by atoms with Crippen LogP contribution in [0, 0.1) is 0 Å². The van der Waals surface area contributed by atoms with Gasteiger partial charge < -0.3 is 42.4 Å². The lowest BCUT2D eigenvalue weighted by molar-refractivity contribution is -0.432. The summed E-state index contributed by atoms with van der Waals surface area (Å²) in [7, 11) is -5.39. The molecule has 0 unspecified atom stereocenters. The lowest BCUT2D eigenvalue weighted by Crippen LogP contribution is -2.24. The average Bonchev–Trinajstić information content (AvgIpc) is 2.87. The largest absolute Gasteiger partial charge is 0.822 e. The fourth-order valence-corrected chi connectivity index (χ4v) is 4.90. The second kappa shape index (κ2) is 44.4. The van der Waals surface area contributed by atoms with Crippen LogP contribution < -0.4 is 33.1 Å². The van der Waals surface area contributed by atoms with Gasteiger partial charge in [-0.1, -0.05) is 181 Å². The summed E-state index contributed by atoms with van der Waals surface area (Å²) in [6, 6.07) is 0. The van der Waals surface area contributed by atoms with E-state index in [1.807, 2.05) is 0 Å². The maximum Gasteiger partial charge on any atom is 0.0466 e. The van der Waals surface area contributed by atoms with Gasteiger partial charge in [0.05, 0.1) is 0 Å². The van der Waals surface area contributed by atoms with Crippen molar-refractivity contribution in [1.29, 1.82) is 0 Å². The minimum atomic E-state index is -5.39. The molecule has 0 aromatic rings. The Kier molecular flexibility index (Phi) is 54.8. The van der Waals surface area contributed by atoms with E-state index in [1.54, 1.807) is 0 Å². The highest BCUT2D eigenvalue weighted by molar-refractivity contribution is 7.40. The molecule has 0 amide bonds. The first kappa shape index (κ1) is 50.6. The molecule has 0 aliphatic heterocycles. The molecule has 0 saturated carbocycles. The van der Waals surface area contributed by atoms with Crippen LogP contribution in [0.4, 0.5) is 0 Å². The number of hydrogen-bond acceptors (Lipinski definition) is 5. The topological polar surface area (TPSA) is 205 Å². The molecule has 8 nitrogen and oxygen atoms in total. The number of unbranched alkanes of at least 4 members (excludes halogenated alkanes) is 26. The molecule has 0 saturated heterocycles. The molecule has 0 bridgehead atoms. The highest BCUT2D eigenvalue weighted by Gasteiger charge is 1.96. The van der Waals surface area contributed by atoms with Crippen molar-refractivity contribution in [3.8, 4) is 0 Å². The lowest BCUT2D eigenvalue weighted by Gasteiger charge is -2.36. The zero-order valence-electron chi connectivity index (χ0n) is 28.7. The van der Waals surface area contributed by atoms with Crippen LogP contribution in [0.2, 0.25) is 0 Å². The third-order valence-corrected chi connectivity index (χ3v) is 7.28. The van der Waals surface area contributed by atoms with Crippen molar-refractivity contribution in [2.45, 2.75) is 194 Å². The summed E-state index contributed by atoms with van der Waals surface area (Å²) in [5.41, 5.74) is 0. The molecular formula is C32H78N3O5P. The SMILES string of the molecule is CCCCCCCCCCCCCCCCOCCCCCCCCCCCCCCCC.O=P([O-])([O-])[O-].[NH4+].[NH4+].[NH4+]. The highest BCUT2D eigenvalue weighted by atomic mass is 31.2. The molecule has 0 rings (SSSR count). The molecule has 0 radical (unpaired) electrons. The molecule has 0 aliphatic carbocycles. The predicted molar refractivity (Wildman–Crippen MR) is 177 cm³/mol. The first-order chi connectivity index (χ1) is 18.4. The smallest absolute Gasteiger partial charge is 0.0466 e. The van der Waals surface area contributed by atoms with Gasteiger partial charge in [0.25, 0.3) is 0 Å². The quantitative estimate of drug-likeness (QED) is 0.0530. The van der Waals surface area contributed by atoms with E-state index in [1.165, 1.54) is 180 Å². The molecule has 41 heavy (non-hydrogen) atoms. The maximum atomic E-state index is 8.55. The van der Waals surface area contributed by atoms with E-state index in [-0.39, 0.29) is 18.5 Å². The fourth-order valence-electron chi connectivity index (χ4n) is 4.90. The second-order valence-electron chi connectivity index (χ2n) is 11.3.